The van der Waals surface area contributed by atoms with Gasteiger partial charge in [0.05, 0.1) is 0 Å². The molecular formula is C15H20N4OS. The molecule has 0 atom stereocenters. The van der Waals surface area contributed by atoms with Crippen molar-refractivity contribution in [2.24, 2.45) is 0 Å². The van der Waals surface area contributed by atoms with E-state index in [9.17, 15) is 0 Å². The van der Waals surface area contributed by atoms with Crippen molar-refractivity contribution in [1.82, 2.24) is 14.7 Å². The van der Waals surface area contributed by atoms with Crippen molar-refractivity contribution in [3.63, 3.8) is 0 Å². The molecule has 0 aliphatic carbocycles. The van der Waals surface area contributed by atoms with Crippen LogP contribution in [0.15, 0.2) is 24.3 Å². The van der Waals surface area contributed by atoms with Crippen LogP contribution in [0.3, 0.4) is 0 Å². The first-order valence-electron chi connectivity index (χ1n) is 7.29. The molecule has 0 radical (unpaired) electrons. The first kappa shape index (κ1) is 14.3. The molecule has 0 unspecified atom stereocenters. The van der Waals surface area contributed by atoms with Gasteiger partial charge in [-0.1, -0.05) is 13.8 Å². The Morgan fingerprint density at radius 3 is 2.52 bits per heavy atom. The first-order chi connectivity index (χ1) is 10.2. The van der Waals surface area contributed by atoms with Crippen LogP contribution in [0.5, 0.6) is 10.9 Å². The summed E-state index contributed by atoms with van der Waals surface area (Å²) in [4.78, 5) is 6.76. The van der Waals surface area contributed by atoms with Crippen molar-refractivity contribution >= 4 is 17.2 Å². The molecule has 21 heavy (non-hydrogen) atoms. The second kappa shape index (κ2) is 6.41. The molecule has 2 aromatic rings. The van der Waals surface area contributed by atoms with Crippen LogP contribution in [0.4, 0.5) is 5.69 Å². The Kier molecular flexibility index (Phi) is 4.36. The Balaban J connectivity index is 1.65. The largest absolute Gasteiger partial charge is 0.430 e. The van der Waals surface area contributed by atoms with E-state index >= 15 is 0 Å². The number of rotatable bonds is 4. The second-order valence-electron chi connectivity index (χ2n) is 5.41. The fraction of sp³-hybridized carbons (Fsp3) is 0.467. The van der Waals surface area contributed by atoms with E-state index in [4.69, 9.17) is 4.74 Å². The van der Waals surface area contributed by atoms with Gasteiger partial charge in [-0.3, -0.25) is 0 Å². The predicted octanol–water partition coefficient (Wildman–Crippen LogP) is 2.86. The van der Waals surface area contributed by atoms with Crippen molar-refractivity contribution < 1.29 is 4.74 Å². The molecule has 112 valence electrons. The SMILES string of the molecule is CC(C)c1nsc(Oc2ccc(N3CCNCC3)cc2)n1. The maximum atomic E-state index is 5.77. The molecule has 1 N–H and O–H groups in total. The van der Waals surface area contributed by atoms with Gasteiger partial charge < -0.3 is 15.0 Å². The van der Waals surface area contributed by atoms with Crippen LogP contribution in [0, 0.1) is 0 Å². The Morgan fingerprint density at radius 1 is 1.19 bits per heavy atom. The van der Waals surface area contributed by atoms with Gasteiger partial charge in [-0.15, -0.1) is 0 Å². The molecule has 6 heteroatoms. The zero-order valence-corrected chi connectivity index (χ0v) is 13.2. The highest BCUT2D eigenvalue weighted by Gasteiger charge is 2.12. The number of hydrogen-bond acceptors (Lipinski definition) is 6. The normalized spacial score (nSPS) is 15.5. The summed E-state index contributed by atoms with van der Waals surface area (Å²) in [6.45, 7) is 8.34. The summed E-state index contributed by atoms with van der Waals surface area (Å²) in [5.41, 5.74) is 1.24. The fourth-order valence-corrected chi connectivity index (χ4v) is 2.94. The van der Waals surface area contributed by atoms with E-state index in [1.165, 1.54) is 17.2 Å². The van der Waals surface area contributed by atoms with Crippen molar-refractivity contribution in [3.05, 3.63) is 30.1 Å². The minimum atomic E-state index is 0.327. The van der Waals surface area contributed by atoms with Crippen molar-refractivity contribution in [1.29, 1.82) is 0 Å². The van der Waals surface area contributed by atoms with Gasteiger partial charge in [-0.05, 0) is 24.3 Å². The summed E-state index contributed by atoms with van der Waals surface area (Å²) >= 11 is 1.30. The van der Waals surface area contributed by atoms with Crippen LogP contribution >= 0.6 is 11.5 Å². The molecule has 0 amide bonds. The second-order valence-corrected chi connectivity index (χ2v) is 6.12. The number of nitrogens with zero attached hydrogens (tertiary/aromatic N) is 3. The number of piperazine rings is 1. The summed E-state index contributed by atoms with van der Waals surface area (Å²) < 4.78 is 10.1. The molecule has 0 saturated carbocycles. The lowest BCUT2D eigenvalue weighted by Crippen LogP contribution is -2.43. The van der Waals surface area contributed by atoms with Gasteiger partial charge in [0.1, 0.15) is 11.6 Å². The Hall–Kier alpha value is -1.66. The average molecular weight is 304 g/mol. The van der Waals surface area contributed by atoms with Gasteiger partial charge in [-0.25, -0.2) is 0 Å². The van der Waals surface area contributed by atoms with Gasteiger partial charge in [0.15, 0.2) is 0 Å². The highest BCUT2D eigenvalue weighted by molar-refractivity contribution is 7.07. The molecule has 1 fully saturated rings. The lowest BCUT2D eigenvalue weighted by Gasteiger charge is -2.29. The summed E-state index contributed by atoms with van der Waals surface area (Å²) in [6.07, 6.45) is 0. The summed E-state index contributed by atoms with van der Waals surface area (Å²) in [5.74, 6) is 1.97. The molecule has 1 aromatic carbocycles. The van der Waals surface area contributed by atoms with Gasteiger partial charge >= 0.3 is 0 Å². The lowest BCUT2D eigenvalue weighted by molar-refractivity contribution is 0.476. The molecule has 1 aliphatic rings. The topological polar surface area (TPSA) is 50.3 Å². The number of nitrogens with one attached hydrogen (secondary N) is 1. The van der Waals surface area contributed by atoms with Gasteiger partial charge in [0, 0.05) is 49.3 Å². The molecule has 0 spiro atoms. The maximum absolute atomic E-state index is 5.77. The van der Waals surface area contributed by atoms with Crippen LogP contribution in [-0.4, -0.2) is 35.5 Å². The van der Waals surface area contributed by atoms with Crippen LogP contribution in [0.2, 0.25) is 0 Å². The number of aromatic nitrogens is 2. The zero-order valence-electron chi connectivity index (χ0n) is 12.4. The zero-order chi connectivity index (χ0) is 14.7. The van der Waals surface area contributed by atoms with Crippen molar-refractivity contribution in [2.75, 3.05) is 31.1 Å². The molecule has 5 nitrogen and oxygen atoms in total. The van der Waals surface area contributed by atoms with E-state index in [-0.39, 0.29) is 0 Å². The molecule has 1 saturated heterocycles. The van der Waals surface area contributed by atoms with Crippen LogP contribution in [0.1, 0.15) is 25.6 Å². The smallest absolute Gasteiger partial charge is 0.298 e. The highest BCUT2D eigenvalue weighted by Crippen LogP contribution is 2.27. The molecule has 0 bridgehead atoms. The predicted molar refractivity (Wildman–Crippen MR) is 85.6 cm³/mol. The first-order valence-corrected chi connectivity index (χ1v) is 8.07. The lowest BCUT2D eigenvalue weighted by atomic mass is 10.2. The van der Waals surface area contributed by atoms with Crippen molar-refractivity contribution in [3.8, 4) is 10.9 Å². The van der Waals surface area contributed by atoms with Gasteiger partial charge in [0.2, 0.25) is 0 Å². The Labute approximate surface area is 129 Å². The van der Waals surface area contributed by atoms with E-state index in [1.54, 1.807) is 0 Å². The Morgan fingerprint density at radius 2 is 1.90 bits per heavy atom. The molecular weight excluding hydrogens is 284 g/mol. The number of anilines is 1. The summed E-state index contributed by atoms with van der Waals surface area (Å²) in [5, 5.41) is 3.96. The van der Waals surface area contributed by atoms with E-state index in [1.807, 2.05) is 12.1 Å². The molecule has 1 aromatic heterocycles. The third-order valence-corrected chi connectivity index (χ3v) is 4.07. The highest BCUT2D eigenvalue weighted by atomic mass is 32.1. The molecule has 1 aliphatic heterocycles. The minimum Gasteiger partial charge on any atom is -0.430 e. The quantitative estimate of drug-likeness (QED) is 0.941. The minimum absolute atomic E-state index is 0.327. The third-order valence-electron chi connectivity index (χ3n) is 3.46. The van der Waals surface area contributed by atoms with Crippen LogP contribution in [0.25, 0.3) is 0 Å². The number of benzene rings is 1. The number of hydrogen-bond donors (Lipinski definition) is 1. The summed E-state index contributed by atoms with van der Waals surface area (Å²) in [7, 11) is 0. The standard InChI is InChI=1S/C15H20N4OS/c1-11(2)14-17-15(21-18-14)20-13-5-3-12(4-6-13)19-9-7-16-8-10-19/h3-6,11,16H,7-10H2,1-2H3. The van der Waals surface area contributed by atoms with E-state index in [2.05, 4.69) is 45.6 Å². The molecule has 3 rings (SSSR count). The van der Waals surface area contributed by atoms with Gasteiger partial charge in [-0.2, -0.15) is 9.36 Å². The molecule has 2 heterocycles. The monoisotopic (exact) mass is 304 g/mol. The van der Waals surface area contributed by atoms with E-state index in [0.29, 0.717) is 11.1 Å². The van der Waals surface area contributed by atoms with E-state index < -0.39 is 0 Å². The van der Waals surface area contributed by atoms with Crippen LogP contribution < -0.4 is 15.0 Å². The average Bonchev–Trinajstić information content (AvgIpc) is 2.98. The van der Waals surface area contributed by atoms with E-state index in [0.717, 1.165) is 37.8 Å². The van der Waals surface area contributed by atoms with Crippen molar-refractivity contribution in [2.45, 2.75) is 19.8 Å². The Bertz CT molecular complexity index is 576. The van der Waals surface area contributed by atoms with Gasteiger partial charge in [0.25, 0.3) is 5.19 Å². The number of ether oxygens (including phenoxy) is 1. The summed E-state index contributed by atoms with van der Waals surface area (Å²) in [6, 6.07) is 8.19. The third kappa shape index (κ3) is 3.51. The van der Waals surface area contributed by atoms with Crippen LogP contribution in [-0.2, 0) is 0 Å². The fourth-order valence-electron chi connectivity index (χ4n) is 2.24. The maximum Gasteiger partial charge on any atom is 0.298 e.